The van der Waals surface area contributed by atoms with E-state index in [0.29, 0.717) is 6.10 Å². The predicted molar refractivity (Wildman–Crippen MR) is 75.0 cm³/mol. The van der Waals surface area contributed by atoms with Crippen LogP contribution >= 0.6 is 11.3 Å². The van der Waals surface area contributed by atoms with E-state index in [2.05, 4.69) is 18.2 Å². The molecule has 3 rings (SSSR count). The molecule has 18 heavy (non-hydrogen) atoms. The first kappa shape index (κ1) is 12.2. The molecule has 1 fully saturated rings. The van der Waals surface area contributed by atoms with Crippen LogP contribution in [0, 0.1) is 0 Å². The number of benzene rings is 1. The zero-order chi connectivity index (χ0) is 12.4. The van der Waals surface area contributed by atoms with Gasteiger partial charge < -0.3 is 9.84 Å². The van der Waals surface area contributed by atoms with Gasteiger partial charge in [0, 0.05) is 16.2 Å². The van der Waals surface area contributed by atoms with E-state index in [9.17, 15) is 5.11 Å². The van der Waals surface area contributed by atoms with Gasteiger partial charge in [-0.1, -0.05) is 18.2 Å². The Morgan fingerprint density at radius 1 is 1.39 bits per heavy atom. The van der Waals surface area contributed by atoms with Crippen LogP contribution in [0.2, 0.25) is 0 Å². The Kier molecular flexibility index (Phi) is 3.64. The number of hydrogen-bond acceptors (Lipinski definition) is 3. The van der Waals surface area contributed by atoms with Crippen molar-refractivity contribution in [1.29, 1.82) is 0 Å². The minimum absolute atomic E-state index is 0.341. The van der Waals surface area contributed by atoms with Crippen molar-refractivity contribution in [2.45, 2.75) is 37.9 Å². The van der Waals surface area contributed by atoms with Gasteiger partial charge >= 0.3 is 0 Å². The minimum atomic E-state index is -0.341. The highest BCUT2D eigenvalue weighted by molar-refractivity contribution is 7.19. The molecule has 0 spiro atoms. The highest BCUT2D eigenvalue weighted by Gasteiger charge is 2.18. The van der Waals surface area contributed by atoms with Crippen molar-refractivity contribution >= 4 is 21.4 Å². The van der Waals surface area contributed by atoms with Gasteiger partial charge in [0.25, 0.3) is 0 Å². The third-order valence-corrected chi connectivity index (χ3v) is 4.78. The van der Waals surface area contributed by atoms with Gasteiger partial charge in [0.2, 0.25) is 0 Å². The van der Waals surface area contributed by atoms with Crippen LogP contribution in [0.3, 0.4) is 0 Å². The van der Waals surface area contributed by atoms with E-state index in [1.54, 1.807) is 11.3 Å². The van der Waals surface area contributed by atoms with Crippen LogP contribution in [0.5, 0.6) is 0 Å². The smallest absolute Gasteiger partial charge is 0.0883 e. The lowest BCUT2D eigenvalue weighted by molar-refractivity contribution is 0.0820. The second-order valence-electron chi connectivity index (χ2n) is 4.91. The predicted octanol–water partition coefficient (Wildman–Crippen LogP) is 3.89. The Morgan fingerprint density at radius 2 is 2.28 bits per heavy atom. The highest BCUT2D eigenvalue weighted by atomic mass is 32.1. The Balaban J connectivity index is 1.65. The Labute approximate surface area is 111 Å². The standard InChI is InChI=1S/C15H18O2S/c16-13(8-7-12-5-3-9-17-12)15-10-11-4-1-2-6-14(11)18-15/h1-2,4,6,10,12-13,16H,3,5,7-9H2. The van der Waals surface area contributed by atoms with Crippen LogP contribution in [0.4, 0.5) is 0 Å². The van der Waals surface area contributed by atoms with Gasteiger partial charge in [-0.25, -0.2) is 0 Å². The highest BCUT2D eigenvalue weighted by Crippen LogP contribution is 2.32. The SMILES string of the molecule is OC(CCC1CCCO1)c1cc2ccccc2s1. The molecule has 1 aromatic carbocycles. The quantitative estimate of drug-likeness (QED) is 0.905. The summed E-state index contributed by atoms with van der Waals surface area (Å²) in [6, 6.07) is 10.4. The maximum absolute atomic E-state index is 10.2. The molecule has 0 bridgehead atoms. The lowest BCUT2D eigenvalue weighted by Gasteiger charge is -2.12. The second-order valence-corrected chi connectivity index (χ2v) is 6.03. The normalized spacial score (nSPS) is 21.5. The van der Waals surface area contributed by atoms with Crippen molar-refractivity contribution < 1.29 is 9.84 Å². The summed E-state index contributed by atoms with van der Waals surface area (Å²) >= 11 is 1.70. The van der Waals surface area contributed by atoms with E-state index >= 15 is 0 Å². The molecule has 2 aromatic rings. The first-order valence-electron chi connectivity index (χ1n) is 6.61. The lowest BCUT2D eigenvalue weighted by Crippen LogP contribution is -2.07. The first-order valence-corrected chi connectivity index (χ1v) is 7.43. The zero-order valence-electron chi connectivity index (χ0n) is 10.3. The largest absolute Gasteiger partial charge is 0.388 e. The van der Waals surface area contributed by atoms with Crippen molar-refractivity contribution in [3.63, 3.8) is 0 Å². The third-order valence-electron chi connectivity index (χ3n) is 3.56. The van der Waals surface area contributed by atoms with Gasteiger partial charge in [-0.3, -0.25) is 0 Å². The molecule has 1 N–H and O–H groups in total. The summed E-state index contributed by atoms with van der Waals surface area (Å²) in [5.41, 5.74) is 0. The second kappa shape index (κ2) is 5.39. The molecule has 96 valence electrons. The van der Waals surface area contributed by atoms with Crippen LogP contribution in [-0.2, 0) is 4.74 Å². The zero-order valence-corrected chi connectivity index (χ0v) is 11.2. The van der Waals surface area contributed by atoms with Gasteiger partial charge in [0.15, 0.2) is 0 Å². The molecule has 2 unspecified atom stereocenters. The molecule has 0 radical (unpaired) electrons. The topological polar surface area (TPSA) is 29.5 Å². The van der Waals surface area contributed by atoms with Crippen LogP contribution in [0.1, 0.15) is 36.7 Å². The number of ether oxygens (including phenoxy) is 1. The fraction of sp³-hybridized carbons (Fsp3) is 0.467. The average molecular weight is 262 g/mol. The molecule has 2 heterocycles. The summed E-state index contributed by atoms with van der Waals surface area (Å²) in [6.45, 7) is 0.893. The fourth-order valence-corrected chi connectivity index (χ4v) is 3.61. The monoisotopic (exact) mass is 262 g/mol. The van der Waals surface area contributed by atoms with Crippen LogP contribution in [0.25, 0.3) is 10.1 Å². The minimum Gasteiger partial charge on any atom is -0.388 e. The van der Waals surface area contributed by atoms with Crippen LogP contribution in [0.15, 0.2) is 30.3 Å². The lowest BCUT2D eigenvalue weighted by atomic mass is 10.1. The van der Waals surface area contributed by atoms with Crippen LogP contribution < -0.4 is 0 Å². The van der Waals surface area contributed by atoms with E-state index in [1.807, 2.05) is 12.1 Å². The van der Waals surface area contributed by atoms with Gasteiger partial charge in [-0.2, -0.15) is 0 Å². The van der Waals surface area contributed by atoms with Gasteiger partial charge in [-0.05, 0) is 43.2 Å². The van der Waals surface area contributed by atoms with E-state index in [4.69, 9.17) is 4.74 Å². The molecule has 3 heteroatoms. The molecule has 1 aliphatic heterocycles. The van der Waals surface area contributed by atoms with Crippen LogP contribution in [-0.4, -0.2) is 17.8 Å². The molecular weight excluding hydrogens is 244 g/mol. The van der Waals surface area contributed by atoms with Gasteiger partial charge in [-0.15, -0.1) is 11.3 Å². The number of thiophene rings is 1. The Hall–Kier alpha value is -0.900. The molecule has 0 saturated carbocycles. The molecule has 1 aromatic heterocycles. The van der Waals surface area contributed by atoms with Crippen molar-refractivity contribution in [2.75, 3.05) is 6.61 Å². The van der Waals surface area contributed by atoms with Gasteiger partial charge in [0.05, 0.1) is 12.2 Å². The summed E-state index contributed by atoms with van der Waals surface area (Å²) in [5.74, 6) is 0. The number of aliphatic hydroxyl groups is 1. The van der Waals surface area contributed by atoms with E-state index in [-0.39, 0.29) is 6.10 Å². The number of aliphatic hydroxyl groups excluding tert-OH is 1. The molecule has 1 saturated heterocycles. The van der Waals surface area contributed by atoms with Crippen molar-refractivity contribution in [2.24, 2.45) is 0 Å². The summed E-state index contributed by atoms with van der Waals surface area (Å²) in [7, 11) is 0. The molecule has 0 aliphatic carbocycles. The summed E-state index contributed by atoms with van der Waals surface area (Å²) < 4.78 is 6.84. The number of hydrogen-bond donors (Lipinski definition) is 1. The Morgan fingerprint density at radius 3 is 3.06 bits per heavy atom. The van der Waals surface area contributed by atoms with E-state index < -0.39 is 0 Å². The number of fused-ring (bicyclic) bond motifs is 1. The maximum Gasteiger partial charge on any atom is 0.0883 e. The molecule has 1 aliphatic rings. The van der Waals surface area contributed by atoms with Crippen molar-refractivity contribution in [3.8, 4) is 0 Å². The summed E-state index contributed by atoms with van der Waals surface area (Å²) in [5, 5.41) is 11.5. The molecule has 2 nitrogen and oxygen atoms in total. The molecular formula is C15H18O2S. The van der Waals surface area contributed by atoms with Crippen molar-refractivity contribution in [3.05, 3.63) is 35.2 Å². The third kappa shape index (κ3) is 2.58. The fourth-order valence-electron chi connectivity index (χ4n) is 2.52. The number of rotatable bonds is 4. The summed E-state index contributed by atoms with van der Waals surface area (Å²) in [6.07, 6.45) is 4.12. The Bertz CT molecular complexity index is 481. The van der Waals surface area contributed by atoms with Gasteiger partial charge in [0.1, 0.15) is 0 Å². The maximum atomic E-state index is 10.2. The molecule has 2 atom stereocenters. The van der Waals surface area contributed by atoms with E-state index in [1.165, 1.54) is 16.5 Å². The van der Waals surface area contributed by atoms with Crippen molar-refractivity contribution in [1.82, 2.24) is 0 Å². The van der Waals surface area contributed by atoms with E-state index in [0.717, 1.165) is 30.7 Å². The average Bonchev–Trinajstić information content (AvgIpc) is 3.04. The first-order chi connectivity index (χ1) is 8.83. The molecule has 0 amide bonds. The summed E-state index contributed by atoms with van der Waals surface area (Å²) in [4.78, 5) is 1.08.